The average Bonchev–Trinajstić information content (AvgIpc) is 1.63. The lowest BCUT2D eigenvalue weighted by atomic mass is 10.1. The van der Waals surface area contributed by atoms with Gasteiger partial charge in [0.15, 0.2) is 0 Å². The fraction of sp³-hybridized carbons (Fsp3) is 0.0909. The van der Waals surface area contributed by atoms with Crippen molar-refractivity contribution in [2.24, 2.45) is 0 Å². The molecule has 0 aliphatic carbocycles. The molecular weight excluding hydrogens is 1710 g/mol. The Morgan fingerprint density at radius 1 is 0.107 bits per heavy atom. The van der Waals surface area contributed by atoms with Gasteiger partial charge in [-0.1, -0.05) is 397 Å². The van der Waals surface area contributed by atoms with Crippen LogP contribution in [0.25, 0.3) is 176 Å². The zero-order valence-corrected chi connectivity index (χ0v) is 81.1. The molecule has 8 nitrogen and oxygen atoms in total. The molecule has 0 bridgehead atoms. The van der Waals surface area contributed by atoms with Gasteiger partial charge in [-0.2, -0.15) is 0 Å². The Hall–Kier alpha value is -17.2. The summed E-state index contributed by atoms with van der Waals surface area (Å²) >= 11 is 0. The molecule has 28 aromatic rings. The van der Waals surface area contributed by atoms with E-state index in [1.165, 1.54) is 153 Å². The monoisotopic (exact) mass is 1820 g/mol. The fourth-order valence-corrected chi connectivity index (χ4v) is 17.2. The van der Waals surface area contributed by atoms with E-state index in [2.05, 4.69) is 289 Å². The Morgan fingerprint density at radius 2 is 0.300 bits per heavy atom. The Balaban J connectivity index is 0.000000106. The lowest BCUT2D eigenvalue weighted by Crippen LogP contribution is -1.72. The first-order chi connectivity index (χ1) is 68.4. The highest BCUT2D eigenvalue weighted by Crippen LogP contribution is 2.38. The highest BCUT2D eigenvalue weighted by molar-refractivity contribution is 6.11. The summed E-state index contributed by atoms with van der Waals surface area (Å²) in [6, 6.07) is 156. The van der Waals surface area contributed by atoms with Crippen molar-refractivity contribution < 1.29 is 35.3 Å². The van der Waals surface area contributed by atoms with E-state index in [0.717, 1.165) is 89.3 Å². The van der Waals surface area contributed by atoms with Gasteiger partial charge in [0.1, 0.15) is 89.3 Å². The maximum Gasteiger partial charge on any atom is 0.138 e. The van der Waals surface area contributed by atoms with E-state index in [1.807, 2.05) is 255 Å². The quantitative estimate of drug-likeness (QED) is 0.148. The Bertz CT molecular complexity index is 8310. The maximum atomic E-state index is 5.78. The van der Waals surface area contributed by atoms with Crippen LogP contribution in [0.2, 0.25) is 0 Å². The second-order valence-electron chi connectivity index (χ2n) is 35.2. The Labute approximate surface area is 816 Å². The summed E-state index contributed by atoms with van der Waals surface area (Å²) < 4.78 is 45.9. The number of rotatable bonds is 0. The third-order valence-electron chi connectivity index (χ3n) is 24.3. The van der Waals surface area contributed by atoms with Gasteiger partial charge < -0.3 is 35.3 Å². The molecule has 0 aliphatic rings. The van der Waals surface area contributed by atoms with Crippen LogP contribution < -0.4 is 0 Å². The van der Waals surface area contributed by atoms with Crippen molar-refractivity contribution in [2.75, 3.05) is 0 Å². The summed E-state index contributed by atoms with van der Waals surface area (Å²) in [6.07, 6.45) is 0. The first kappa shape index (κ1) is 94.6. The highest BCUT2D eigenvalue weighted by Gasteiger charge is 2.14. The number of hydrogen-bond acceptors (Lipinski definition) is 8. The highest BCUT2D eigenvalue weighted by atomic mass is 16.4. The zero-order chi connectivity index (χ0) is 96.8. The van der Waals surface area contributed by atoms with E-state index in [9.17, 15) is 0 Å². The number of aryl methyl sites for hydroxylation is 12. The summed E-state index contributed by atoms with van der Waals surface area (Å²) in [4.78, 5) is 0. The van der Waals surface area contributed by atoms with Crippen LogP contribution in [0.4, 0.5) is 0 Å². The van der Waals surface area contributed by atoms with Gasteiger partial charge in [0.2, 0.25) is 0 Å². The number of furan rings is 8. The Kier molecular flexibility index (Phi) is 30.4. The van der Waals surface area contributed by atoms with E-state index in [-0.39, 0.29) is 0 Å². The van der Waals surface area contributed by atoms with Crippen molar-refractivity contribution in [3.05, 3.63) is 528 Å². The summed E-state index contributed by atoms with van der Waals surface area (Å²) in [7, 11) is 0. The molecular formula is C132H112O8. The summed E-state index contributed by atoms with van der Waals surface area (Å²) in [5, 5.41) is 19.3. The molecule has 0 fully saturated rings. The number of para-hydroxylation sites is 10. The van der Waals surface area contributed by atoms with Crippen LogP contribution in [0, 0.1) is 83.1 Å². The predicted molar refractivity (Wildman–Crippen MR) is 592 cm³/mol. The summed E-state index contributed by atoms with van der Waals surface area (Å²) in [5.41, 5.74) is 30.8. The molecule has 0 amide bonds. The number of fused-ring (bicyclic) bond motifs is 24. The molecule has 0 atom stereocenters. The molecule has 8 heteroatoms. The molecule has 20 aromatic carbocycles. The van der Waals surface area contributed by atoms with Crippen LogP contribution in [0.3, 0.4) is 0 Å². The number of hydrogen-bond donors (Lipinski definition) is 0. The van der Waals surface area contributed by atoms with Crippen LogP contribution in [-0.4, -0.2) is 0 Å². The van der Waals surface area contributed by atoms with Crippen molar-refractivity contribution in [3.63, 3.8) is 0 Å². The normalized spacial score (nSPS) is 10.7. The van der Waals surface area contributed by atoms with Crippen LogP contribution in [0.5, 0.6) is 0 Å². The fourth-order valence-electron chi connectivity index (χ4n) is 17.2. The van der Waals surface area contributed by atoms with Gasteiger partial charge in [0.05, 0.1) is 0 Å². The first-order valence-electron chi connectivity index (χ1n) is 47.5. The SMILES string of the molecule is Cc1ccc2c(c1)oc1ccccc12.Cc1ccc2c(c1)oc1ccccc12.Cc1ccc2oc3ccccc3c2c1.Cc1ccc2oc3ccccc3c2c1.Cc1cccc2c1oc1ccccc12.Cc1cccc2c1oc1ccccc12.Cc1cccc2oc3ccccc3c12.Cc1cccc2oc3ccccc3c12.Cc1ccccc1.Cc1ccccc1.Cc1ccccc1.Cc1ccccc1. The molecule has 0 spiro atoms. The topological polar surface area (TPSA) is 105 Å². The van der Waals surface area contributed by atoms with Crippen LogP contribution in [0.1, 0.15) is 66.8 Å². The average molecular weight is 1830 g/mol. The predicted octanol–water partition coefficient (Wildman–Crippen LogP) is 39.1. The van der Waals surface area contributed by atoms with Crippen molar-refractivity contribution >= 4 is 176 Å². The van der Waals surface area contributed by atoms with E-state index in [0.29, 0.717) is 0 Å². The molecule has 0 radical (unpaired) electrons. The third-order valence-corrected chi connectivity index (χ3v) is 24.3. The van der Waals surface area contributed by atoms with E-state index in [4.69, 9.17) is 35.3 Å². The molecule has 8 aromatic heterocycles. The zero-order valence-electron chi connectivity index (χ0n) is 81.1. The molecule has 28 rings (SSSR count). The van der Waals surface area contributed by atoms with E-state index < -0.39 is 0 Å². The van der Waals surface area contributed by atoms with Gasteiger partial charge in [-0.05, 0) is 214 Å². The third kappa shape index (κ3) is 23.0. The molecule has 0 aliphatic heterocycles. The maximum absolute atomic E-state index is 5.78. The van der Waals surface area contributed by atoms with Crippen molar-refractivity contribution in [2.45, 2.75) is 83.1 Å². The van der Waals surface area contributed by atoms with Crippen molar-refractivity contribution in [1.82, 2.24) is 0 Å². The summed E-state index contributed by atoms with van der Waals surface area (Å²) in [5.74, 6) is 0. The van der Waals surface area contributed by atoms with Gasteiger partial charge in [0, 0.05) is 86.2 Å². The van der Waals surface area contributed by atoms with Gasteiger partial charge in [-0.3, -0.25) is 0 Å². The molecule has 0 unspecified atom stereocenters. The molecule has 8 heterocycles. The second-order valence-corrected chi connectivity index (χ2v) is 35.2. The van der Waals surface area contributed by atoms with Gasteiger partial charge in [0.25, 0.3) is 0 Å². The molecule has 140 heavy (non-hydrogen) atoms. The van der Waals surface area contributed by atoms with Crippen LogP contribution in [-0.2, 0) is 0 Å². The molecule has 0 saturated heterocycles. The van der Waals surface area contributed by atoms with E-state index in [1.54, 1.807) is 0 Å². The second kappa shape index (κ2) is 45.0. The van der Waals surface area contributed by atoms with Crippen LogP contribution >= 0.6 is 0 Å². The Morgan fingerprint density at radius 3 is 0.600 bits per heavy atom. The van der Waals surface area contributed by atoms with Crippen molar-refractivity contribution in [3.8, 4) is 0 Å². The van der Waals surface area contributed by atoms with Gasteiger partial charge >= 0.3 is 0 Å². The molecule has 688 valence electrons. The lowest BCUT2D eigenvalue weighted by molar-refractivity contribution is 0.665. The smallest absolute Gasteiger partial charge is 0.138 e. The minimum Gasteiger partial charge on any atom is -0.456 e. The van der Waals surface area contributed by atoms with Crippen LogP contribution in [0.15, 0.2) is 496 Å². The molecule has 0 N–H and O–H groups in total. The van der Waals surface area contributed by atoms with E-state index >= 15 is 0 Å². The minimum atomic E-state index is 0.966. The standard InChI is InChI=1S/8C13H10O.4C7H8/c2*1-9-5-4-7-11-10-6-2-3-8-12(10)14-13(9)11;2*1-9-5-4-8-12-13(9)10-6-2-3-7-11(10)14-12;2*1-9-6-7-13-11(8-9)10-4-2-3-5-12(10)14-13;2*1-9-6-7-11-10-4-2-3-5-12(10)14-13(11)8-9;4*1-7-5-3-2-4-6-7/h8*2-8H,1H3;4*2-6H,1H3. The molecule has 0 saturated carbocycles. The van der Waals surface area contributed by atoms with Crippen molar-refractivity contribution in [1.29, 1.82) is 0 Å². The first-order valence-corrected chi connectivity index (χ1v) is 47.5. The minimum absolute atomic E-state index is 0.966. The summed E-state index contributed by atoms with van der Waals surface area (Å²) in [6.45, 7) is 25.1. The van der Waals surface area contributed by atoms with Gasteiger partial charge in [-0.25, -0.2) is 0 Å². The number of benzene rings is 20. The largest absolute Gasteiger partial charge is 0.456 e. The lowest BCUT2D eigenvalue weighted by Gasteiger charge is -1.93. The van der Waals surface area contributed by atoms with Gasteiger partial charge in [-0.15, -0.1) is 0 Å².